The average Bonchev–Trinajstić information content (AvgIpc) is 2.77. The van der Waals surface area contributed by atoms with Crippen LogP contribution in [0, 0.1) is 11.8 Å². The van der Waals surface area contributed by atoms with E-state index in [-0.39, 0.29) is 30.0 Å². The number of Topliss-reactive ketones (excluding diaryl/α,β-unsaturated/α-hetero) is 1. The molecule has 2 aromatic carbocycles. The summed E-state index contributed by atoms with van der Waals surface area (Å²) in [6.07, 6.45) is 0.838. The number of benzene rings is 2. The highest BCUT2D eigenvalue weighted by Crippen LogP contribution is 2.42. The van der Waals surface area contributed by atoms with Gasteiger partial charge in [0.2, 0.25) is 0 Å². The Bertz CT molecular complexity index is 974. The molecule has 1 fully saturated rings. The molecule has 178 valence electrons. The number of alkyl halides is 1. The first-order valence-corrected chi connectivity index (χ1v) is 11.9. The summed E-state index contributed by atoms with van der Waals surface area (Å²) < 4.78 is 18.5. The van der Waals surface area contributed by atoms with Gasteiger partial charge in [-0.05, 0) is 61.2 Å². The lowest BCUT2D eigenvalue weighted by atomic mass is 9.76. The second-order valence-electron chi connectivity index (χ2n) is 9.77. The van der Waals surface area contributed by atoms with Crippen molar-refractivity contribution in [2.45, 2.75) is 32.7 Å². The largest absolute Gasteiger partial charge is 0.508 e. The van der Waals surface area contributed by atoms with E-state index in [2.05, 4.69) is 28.9 Å². The molecule has 0 radical (unpaired) electrons. The maximum absolute atomic E-state index is 12.6. The van der Waals surface area contributed by atoms with Gasteiger partial charge in [0, 0.05) is 44.6 Å². The fourth-order valence-corrected chi connectivity index (χ4v) is 5.11. The Morgan fingerprint density at radius 3 is 2.64 bits per heavy atom. The van der Waals surface area contributed by atoms with E-state index in [0.29, 0.717) is 13.2 Å². The van der Waals surface area contributed by atoms with Gasteiger partial charge in [-0.1, -0.05) is 25.1 Å². The molecular weight excluding hydrogens is 419 g/mol. The Balaban J connectivity index is 1.52. The number of nitrogens with zero attached hydrogens (tertiary/aromatic N) is 2. The second-order valence-corrected chi connectivity index (χ2v) is 9.77. The summed E-state index contributed by atoms with van der Waals surface area (Å²) in [4.78, 5) is 16.6. The zero-order valence-electron chi connectivity index (χ0n) is 19.9. The number of fused-ring (bicyclic) bond motifs is 1. The van der Waals surface area contributed by atoms with E-state index in [1.165, 1.54) is 0 Å². The molecule has 0 bridgehead atoms. The molecule has 33 heavy (non-hydrogen) atoms. The summed E-state index contributed by atoms with van der Waals surface area (Å²) in [6, 6.07) is 13.8. The van der Waals surface area contributed by atoms with Crippen LogP contribution in [0.15, 0.2) is 42.5 Å². The van der Waals surface area contributed by atoms with Gasteiger partial charge in [-0.3, -0.25) is 19.0 Å². The number of carbonyl (C=O) groups excluding carboxylic acids is 1. The minimum absolute atomic E-state index is 0.0518. The van der Waals surface area contributed by atoms with Crippen molar-refractivity contribution in [1.82, 2.24) is 9.80 Å². The Hall–Kier alpha value is -2.44. The number of phenols is 1. The average molecular weight is 455 g/mol. The van der Waals surface area contributed by atoms with E-state index in [1.807, 2.05) is 31.2 Å². The molecule has 0 unspecified atom stereocenters. The first kappa shape index (κ1) is 23.7. The molecule has 2 heterocycles. The van der Waals surface area contributed by atoms with Crippen molar-refractivity contribution in [1.29, 1.82) is 0 Å². The molecule has 0 saturated carbocycles. The number of carbonyl (C=O) groups is 1. The normalized spacial score (nSPS) is 22.4. The number of likely N-dealkylation sites (tertiary alicyclic amines) is 1. The standard InChI is InChI=1S/C27H35FN2O3/c1-19(20(2)31)16-30-11-10-22-14-24(32)6-9-26(22)27(30,3)23-4-7-25(8-5-23)33-13-12-29-17-21(15-28)18-29/h4-9,14,19,21,32H,10-13,15-18H2,1-3H3/t19-,27-/m1/s1. The molecule has 0 amide bonds. The van der Waals surface area contributed by atoms with Crippen molar-refractivity contribution in [2.75, 3.05) is 46.0 Å². The number of rotatable bonds is 9. The predicted octanol–water partition coefficient (Wildman–Crippen LogP) is 4.02. The zero-order chi connectivity index (χ0) is 23.6. The Kier molecular flexibility index (Phi) is 7.05. The van der Waals surface area contributed by atoms with Crippen LogP contribution in [-0.4, -0.2) is 66.7 Å². The number of ketones is 1. The van der Waals surface area contributed by atoms with Crippen LogP contribution in [0.2, 0.25) is 0 Å². The molecule has 5 nitrogen and oxygen atoms in total. The molecule has 4 rings (SSSR count). The molecule has 1 saturated heterocycles. The van der Waals surface area contributed by atoms with Gasteiger partial charge in [0.25, 0.3) is 0 Å². The molecular formula is C27H35FN2O3. The SMILES string of the molecule is CC(=O)[C@H](C)CN1CCc2cc(O)ccc2[C@@]1(C)c1ccc(OCCN2CC(CF)C2)cc1. The fraction of sp³-hybridized carbons (Fsp3) is 0.519. The summed E-state index contributed by atoms with van der Waals surface area (Å²) in [6.45, 7) is 10.1. The highest BCUT2D eigenvalue weighted by Gasteiger charge is 2.41. The van der Waals surface area contributed by atoms with Gasteiger partial charge in [-0.2, -0.15) is 0 Å². The Morgan fingerprint density at radius 2 is 1.97 bits per heavy atom. The molecule has 1 N–H and O–H groups in total. The van der Waals surface area contributed by atoms with Gasteiger partial charge in [0.05, 0.1) is 12.2 Å². The zero-order valence-corrected chi connectivity index (χ0v) is 19.9. The van der Waals surface area contributed by atoms with E-state index >= 15 is 0 Å². The van der Waals surface area contributed by atoms with E-state index in [1.54, 1.807) is 13.0 Å². The lowest BCUT2D eigenvalue weighted by Gasteiger charge is -2.47. The van der Waals surface area contributed by atoms with Gasteiger partial charge >= 0.3 is 0 Å². The quantitative estimate of drug-likeness (QED) is 0.620. The van der Waals surface area contributed by atoms with E-state index in [9.17, 15) is 14.3 Å². The van der Waals surface area contributed by atoms with E-state index < -0.39 is 5.54 Å². The predicted molar refractivity (Wildman–Crippen MR) is 128 cm³/mol. The van der Waals surface area contributed by atoms with Crippen LogP contribution in [-0.2, 0) is 16.8 Å². The summed E-state index contributed by atoms with van der Waals surface area (Å²) in [5, 5.41) is 10.0. The third kappa shape index (κ3) is 4.92. The number of hydrogen-bond acceptors (Lipinski definition) is 5. The van der Waals surface area contributed by atoms with Crippen molar-refractivity contribution in [3.8, 4) is 11.5 Å². The maximum atomic E-state index is 12.6. The minimum Gasteiger partial charge on any atom is -0.508 e. The molecule has 6 heteroatoms. The van der Waals surface area contributed by atoms with Crippen LogP contribution in [0.25, 0.3) is 0 Å². The van der Waals surface area contributed by atoms with Crippen molar-refractivity contribution < 1.29 is 19.0 Å². The van der Waals surface area contributed by atoms with Crippen molar-refractivity contribution >= 4 is 5.78 Å². The third-order valence-corrected chi connectivity index (χ3v) is 7.43. The van der Waals surface area contributed by atoms with Gasteiger partial charge in [0.15, 0.2) is 0 Å². The lowest BCUT2D eigenvalue weighted by molar-refractivity contribution is -0.121. The topological polar surface area (TPSA) is 53.0 Å². The van der Waals surface area contributed by atoms with E-state index in [0.717, 1.165) is 55.0 Å². The molecule has 0 aromatic heterocycles. The highest BCUT2D eigenvalue weighted by molar-refractivity contribution is 5.78. The Morgan fingerprint density at radius 1 is 1.24 bits per heavy atom. The highest BCUT2D eigenvalue weighted by atomic mass is 19.1. The van der Waals surface area contributed by atoms with Gasteiger partial charge in [-0.15, -0.1) is 0 Å². The summed E-state index contributed by atoms with van der Waals surface area (Å²) in [5.41, 5.74) is 3.02. The van der Waals surface area contributed by atoms with Crippen LogP contribution in [0.1, 0.15) is 37.5 Å². The lowest BCUT2D eigenvalue weighted by Crippen LogP contribution is -2.51. The second kappa shape index (κ2) is 9.82. The van der Waals surface area contributed by atoms with Crippen molar-refractivity contribution in [3.63, 3.8) is 0 Å². The number of phenolic OH excluding ortho intramolecular Hbond substituents is 1. The van der Waals surface area contributed by atoms with Crippen molar-refractivity contribution in [3.05, 3.63) is 59.2 Å². The fourth-order valence-electron chi connectivity index (χ4n) is 5.11. The van der Waals surface area contributed by atoms with Crippen LogP contribution in [0.4, 0.5) is 4.39 Å². The van der Waals surface area contributed by atoms with Crippen molar-refractivity contribution in [2.24, 2.45) is 11.8 Å². The summed E-state index contributed by atoms with van der Waals surface area (Å²) >= 11 is 0. The Labute approximate surface area is 196 Å². The number of aromatic hydroxyl groups is 1. The van der Waals surface area contributed by atoms with Gasteiger partial charge in [0.1, 0.15) is 23.9 Å². The molecule has 0 spiro atoms. The summed E-state index contributed by atoms with van der Waals surface area (Å²) in [5.74, 6) is 1.43. The number of hydrogen-bond donors (Lipinski definition) is 1. The van der Waals surface area contributed by atoms with Crippen LogP contribution in [0.3, 0.4) is 0 Å². The van der Waals surface area contributed by atoms with Crippen LogP contribution in [0.5, 0.6) is 11.5 Å². The summed E-state index contributed by atoms with van der Waals surface area (Å²) in [7, 11) is 0. The monoisotopic (exact) mass is 454 g/mol. The number of ether oxygens (including phenoxy) is 1. The molecule has 2 aliphatic rings. The molecule has 2 aliphatic heterocycles. The third-order valence-electron chi connectivity index (χ3n) is 7.43. The molecule has 2 aromatic rings. The van der Waals surface area contributed by atoms with Gasteiger partial charge in [-0.25, -0.2) is 0 Å². The van der Waals surface area contributed by atoms with Gasteiger partial charge < -0.3 is 9.84 Å². The first-order valence-electron chi connectivity index (χ1n) is 11.9. The first-order chi connectivity index (χ1) is 15.8. The molecule has 2 atom stereocenters. The number of halogens is 1. The van der Waals surface area contributed by atoms with Crippen LogP contribution >= 0.6 is 0 Å². The maximum Gasteiger partial charge on any atom is 0.133 e. The minimum atomic E-state index is -0.414. The molecule has 0 aliphatic carbocycles. The van der Waals surface area contributed by atoms with Crippen LogP contribution < -0.4 is 4.74 Å². The van der Waals surface area contributed by atoms with E-state index in [4.69, 9.17) is 4.74 Å². The smallest absolute Gasteiger partial charge is 0.133 e.